The van der Waals surface area contributed by atoms with Crippen molar-refractivity contribution >= 4 is 46.6 Å². The molecule has 0 bridgehead atoms. The molecule has 1 aromatic carbocycles. The summed E-state index contributed by atoms with van der Waals surface area (Å²) >= 11 is 6.87. The van der Waals surface area contributed by atoms with E-state index in [-0.39, 0.29) is 16.6 Å². The molecule has 0 aromatic heterocycles. The van der Waals surface area contributed by atoms with Crippen molar-refractivity contribution in [2.75, 3.05) is 0 Å². The molecule has 0 spiro atoms. The van der Waals surface area contributed by atoms with E-state index < -0.39 is 22.9 Å². The molecule has 2 rings (SSSR count). The zero-order valence-electron chi connectivity index (χ0n) is 11.3. The molecule has 9 heteroatoms. The second-order valence-corrected chi connectivity index (χ2v) is 6.06. The van der Waals surface area contributed by atoms with E-state index in [1.54, 1.807) is 6.92 Å². The summed E-state index contributed by atoms with van der Waals surface area (Å²) in [6, 6.07) is 2.70. The molecular formula is C13H11ClFN3O3S. The predicted octanol–water partition coefficient (Wildman–Crippen LogP) is 2.18. The molecule has 1 unspecified atom stereocenters. The fourth-order valence-corrected chi connectivity index (χ4v) is 2.78. The fourth-order valence-electron chi connectivity index (χ4n) is 1.67. The Morgan fingerprint density at radius 3 is 3.00 bits per heavy atom. The number of carboxylic acid groups (broad SMARTS) is 1. The molecule has 1 atom stereocenters. The van der Waals surface area contributed by atoms with Crippen LogP contribution in [0.3, 0.4) is 0 Å². The van der Waals surface area contributed by atoms with Gasteiger partial charge in [0.1, 0.15) is 11.1 Å². The average Bonchev–Trinajstić information content (AvgIpc) is 2.75. The first kappa shape index (κ1) is 16.4. The van der Waals surface area contributed by atoms with Gasteiger partial charge in [-0.15, -0.1) is 5.10 Å². The highest BCUT2D eigenvalue weighted by atomic mass is 35.5. The summed E-state index contributed by atoms with van der Waals surface area (Å²) in [5, 5.41) is 18.4. The van der Waals surface area contributed by atoms with E-state index in [0.29, 0.717) is 11.1 Å². The second kappa shape index (κ2) is 6.89. The Hall–Kier alpha value is -1.93. The van der Waals surface area contributed by atoms with Gasteiger partial charge >= 0.3 is 5.97 Å². The van der Waals surface area contributed by atoms with Crippen LogP contribution in [0.2, 0.25) is 5.02 Å². The maximum Gasteiger partial charge on any atom is 0.305 e. The van der Waals surface area contributed by atoms with Crippen LogP contribution < -0.4 is 5.32 Å². The van der Waals surface area contributed by atoms with Gasteiger partial charge in [-0.05, 0) is 24.6 Å². The van der Waals surface area contributed by atoms with Gasteiger partial charge in [0.2, 0.25) is 5.91 Å². The Labute approximate surface area is 134 Å². The van der Waals surface area contributed by atoms with E-state index in [2.05, 4.69) is 15.5 Å². The van der Waals surface area contributed by atoms with Crippen LogP contribution in [-0.2, 0) is 9.59 Å². The lowest BCUT2D eigenvalue weighted by Crippen LogP contribution is -2.26. The summed E-state index contributed by atoms with van der Waals surface area (Å²) in [6.45, 7) is 1.60. The maximum absolute atomic E-state index is 13.3. The summed E-state index contributed by atoms with van der Waals surface area (Å²) in [6.07, 6.45) is 1.04. The molecule has 1 aliphatic rings. The number of nitrogens with one attached hydrogen (secondary N) is 1. The van der Waals surface area contributed by atoms with Gasteiger partial charge in [0, 0.05) is 5.56 Å². The topological polar surface area (TPSA) is 91.1 Å². The van der Waals surface area contributed by atoms with Crippen LogP contribution in [-0.4, -0.2) is 33.6 Å². The minimum Gasteiger partial charge on any atom is -0.481 e. The van der Waals surface area contributed by atoms with E-state index in [1.165, 1.54) is 18.3 Å². The van der Waals surface area contributed by atoms with Crippen molar-refractivity contribution in [2.45, 2.75) is 18.6 Å². The lowest BCUT2D eigenvalue weighted by Gasteiger charge is -2.00. The first-order valence-corrected chi connectivity index (χ1v) is 7.38. The van der Waals surface area contributed by atoms with Crippen molar-refractivity contribution in [2.24, 2.45) is 10.2 Å². The highest BCUT2D eigenvalue weighted by Crippen LogP contribution is 2.22. The molecule has 0 aliphatic carbocycles. The lowest BCUT2D eigenvalue weighted by atomic mass is 10.1. The summed E-state index contributed by atoms with van der Waals surface area (Å²) < 4.78 is 13.3. The number of carbonyl (C=O) groups excluding carboxylic acids is 1. The van der Waals surface area contributed by atoms with Gasteiger partial charge < -0.3 is 10.4 Å². The monoisotopic (exact) mass is 343 g/mol. The number of halogens is 2. The van der Waals surface area contributed by atoms with Crippen molar-refractivity contribution in [1.29, 1.82) is 0 Å². The van der Waals surface area contributed by atoms with Gasteiger partial charge in [-0.3, -0.25) is 9.59 Å². The van der Waals surface area contributed by atoms with E-state index in [9.17, 15) is 14.0 Å². The Balaban J connectivity index is 2.08. The molecule has 116 valence electrons. The van der Waals surface area contributed by atoms with Crippen LogP contribution in [0.4, 0.5) is 4.39 Å². The third-order valence-electron chi connectivity index (χ3n) is 2.76. The third kappa shape index (κ3) is 4.05. The number of nitrogens with zero attached hydrogens (tertiary/aromatic N) is 2. The quantitative estimate of drug-likeness (QED) is 0.647. The first-order chi connectivity index (χ1) is 10.4. The number of carboxylic acids is 1. The van der Waals surface area contributed by atoms with Crippen LogP contribution in [0.25, 0.3) is 0 Å². The van der Waals surface area contributed by atoms with Crippen LogP contribution in [0.15, 0.2) is 22.3 Å². The largest absolute Gasteiger partial charge is 0.481 e. The lowest BCUT2D eigenvalue weighted by molar-refractivity contribution is -0.138. The average molecular weight is 344 g/mol. The van der Waals surface area contributed by atoms with E-state index in [4.69, 9.17) is 16.7 Å². The number of hydrogen-bond acceptors (Lipinski definition) is 5. The Bertz CT molecular complexity index is 693. The van der Waals surface area contributed by atoms with Gasteiger partial charge in [0.25, 0.3) is 0 Å². The Morgan fingerprint density at radius 2 is 2.32 bits per heavy atom. The van der Waals surface area contributed by atoms with Crippen LogP contribution in [0.1, 0.15) is 17.5 Å². The minimum atomic E-state index is -1.06. The Morgan fingerprint density at radius 1 is 1.59 bits per heavy atom. The summed E-state index contributed by atoms with van der Waals surface area (Å²) in [4.78, 5) is 22.1. The molecule has 6 nitrogen and oxygen atoms in total. The molecular weight excluding hydrogens is 333 g/mol. The number of thioether (sulfide) groups is 1. The number of benzene rings is 1. The Kier molecular flexibility index (Phi) is 5.15. The summed E-state index contributed by atoms with van der Waals surface area (Å²) in [7, 11) is 0. The van der Waals surface area contributed by atoms with Crippen molar-refractivity contribution in [3.63, 3.8) is 0 Å². The standard InChI is InChI=1S/C13H11ClFN3O3S/c1-6-2-7(8(14)3-9(6)15)5-16-18-13-17-12(21)10(22-13)4-11(19)20/h2-3,5,10H,4H2,1H3,(H,19,20)(H,17,18,21). The second-order valence-electron chi connectivity index (χ2n) is 4.47. The van der Waals surface area contributed by atoms with Crippen LogP contribution >= 0.6 is 23.4 Å². The normalized spacial score (nSPS) is 19.9. The number of aliphatic carboxylic acids is 1. The van der Waals surface area contributed by atoms with Gasteiger partial charge in [-0.2, -0.15) is 5.10 Å². The number of amidine groups is 1. The molecule has 1 amide bonds. The molecule has 0 radical (unpaired) electrons. The minimum absolute atomic E-state index is 0.193. The molecule has 1 aromatic rings. The molecule has 1 aliphatic heterocycles. The molecule has 1 fully saturated rings. The van der Waals surface area contributed by atoms with Crippen molar-refractivity contribution in [3.8, 4) is 0 Å². The molecule has 1 heterocycles. The number of hydrogen-bond donors (Lipinski definition) is 2. The first-order valence-electron chi connectivity index (χ1n) is 6.13. The van der Waals surface area contributed by atoms with Gasteiger partial charge in [-0.1, -0.05) is 23.4 Å². The van der Waals surface area contributed by atoms with Crippen molar-refractivity contribution in [1.82, 2.24) is 5.32 Å². The highest BCUT2D eigenvalue weighted by molar-refractivity contribution is 8.15. The maximum atomic E-state index is 13.3. The smallest absolute Gasteiger partial charge is 0.305 e. The number of carbonyl (C=O) groups is 2. The summed E-state index contributed by atoms with van der Waals surface area (Å²) in [5.74, 6) is -1.90. The molecule has 0 saturated carbocycles. The zero-order chi connectivity index (χ0) is 16.3. The highest BCUT2D eigenvalue weighted by Gasteiger charge is 2.32. The fraction of sp³-hybridized carbons (Fsp3) is 0.231. The van der Waals surface area contributed by atoms with Gasteiger partial charge in [-0.25, -0.2) is 4.39 Å². The number of aryl methyl sites for hydroxylation is 1. The van der Waals surface area contributed by atoms with Gasteiger partial charge in [0.05, 0.1) is 17.7 Å². The van der Waals surface area contributed by atoms with Gasteiger partial charge in [0.15, 0.2) is 5.17 Å². The number of rotatable bonds is 4. The molecule has 1 saturated heterocycles. The number of amides is 1. The van der Waals surface area contributed by atoms with E-state index in [1.807, 2.05) is 0 Å². The van der Waals surface area contributed by atoms with Crippen molar-refractivity contribution < 1.29 is 19.1 Å². The predicted molar refractivity (Wildman–Crippen MR) is 83.0 cm³/mol. The third-order valence-corrected chi connectivity index (χ3v) is 4.16. The zero-order valence-corrected chi connectivity index (χ0v) is 12.9. The van der Waals surface area contributed by atoms with Crippen LogP contribution in [0.5, 0.6) is 0 Å². The summed E-state index contributed by atoms with van der Waals surface area (Å²) in [5.41, 5.74) is 0.907. The van der Waals surface area contributed by atoms with Crippen molar-refractivity contribution in [3.05, 3.63) is 34.1 Å². The van der Waals surface area contributed by atoms with E-state index in [0.717, 1.165) is 11.8 Å². The van der Waals surface area contributed by atoms with E-state index >= 15 is 0 Å². The SMILES string of the molecule is Cc1cc(C=NN=C2NC(=O)C(CC(=O)O)S2)c(Cl)cc1F. The molecule has 22 heavy (non-hydrogen) atoms. The molecule has 2 N–H and O–H groups in total. The van der Waals surface area contributed by atoms with Crippen LogP contribution in [0, 0.1) is 12.7 Å².